The van der Waals surface area contributed by atoms with Gasteiger partial charge in [0.15, 0.2) is 0 Å². The van der Waals surface area contributed by atoms with Crippen molar-refractivity contribution in [2.24, 2.45) is 0 Å². The molecule has 0 saturated carbocycles. The lowest BCUT2D eigenvalue weighted by atomic mass is 9.91. The molecule has 162 valence electrons. The van der Waals surface area contributed by atoms with Gasteiger partial charge >= 0.3 is 0 Å². The van der Waals surface area contributed by atoms with Gasteiger partial charge in [-0.2, -0.15) is 0 Å². The lowest BCUT2D eigenvalue weighted by molar-refractivity contribution is -0.0164. The van der Waals surface area contributed by atoms with Crippen LogP contribution in [-0.4, -0.2) is 30.8 Å². The van der Waals surface area contributed by atoms with E-state index in [9.17, 15) is 0 Å². The molecule has 30 heavy (non-hydrogen) atoms. The molecule has 0 bridgehead atoms. The largest absolute Gasteiger partial charge is 0.497 e. The number of hydrogen-bond donors (Lipinski definition) is 1. The predicted molar refractivity (Wildman–Crippen MR) is 123 cm³/mol. The van der Waals surface area contributed by atoms with Gasteiger partial charge in [0.25, 0.3) is 0 Å². The molecule has 0 spiro atoms. The molecule has 0 atom stereocenters. The van der Waals surface area contributed by atoms with Crippen LogP contribution in [0.1, 0.15) is 45.9 Å². The Morgan fingerprint density at radius 3 is 2.40 bits per heavy atom. The number of rotatable bonds is 7. The van der Waals surface area contributed by atoms with E-state index in [0.29, 0.717) is 6.61 Å². The van der Waals surface area contributed by atoms with Gasteiger partial charge in [0, 0.05) is 36.2 Å². The topological polar surface area (TPSA) is 56.4 Å². The standard InChI is InChI=1S/C23H28N2O3.C2H6/c1-7-28-23(3,4)22-21(19-13-16(26-5)11-12-24-19)18(14-25-22)17-9-8-10-20(27-6)15(17)2;1-2/h8-14,25H,7H2,1-6H3;1-2H3. The molecule has 3 aromatic rings. The van der Waals surface area contributed by atoms with Gasteiger partial charge < -0.3 is 19.2 Å². The molecule has 0 radical (unpaired) electrons. The maximum atomic E-state index is 6.04. The average Bonchev–Trinajstić information content (AvgIpc) is 3.21. The van der Waals surface area contributed by atoms with Crippen molar-refractivity contribution in [3.63, 3.8) is 0 Å². The van der Waals surface area contributed by atoms with Gasteiger partial charge in [-0.15, -0.1) is 0 Å². The van der Waals surface area contributed by atoms with Gasteiger partial charge in [-0.1, -0.05) is 26.0 Å². The molecule has 0 amide bonds. The minimum Gasteiger partial charge on any atom is -0.497 e. The average molecular weight is 411 g/mol. The maximum Gasteiger partial charge on any atom is 0.122 e. The maximum absolute atomic E-state index is 6.04. The number of benzene rings is 1. The summed E-state index contributed by atoms with van der Waals surface area (Å²) in [6.07, 6.45) is 3.79. The van der Waals surface area contributed by atoms with E-state index in [1.807, 2.05) is 51.2 Å². The monoisotopic (exact) mass is 410 g/mol. The molecule has 1 N–H and O–H groups in total. The van der Waals surface area contributed by atoms with Crippen molar-refractivity contribution in [2.75, 3.05) is 20.8 Å². The highest BCUT2D eigenvalue weighted by molar-refractivity contribution is 5.86. The summed E-state index contributed by atoms with van der Waals surface area (Å²) in [5, 5.41) is 0. The number of H-pyrrole nitrogens is 1. The highest BCUT2D eigenvalue weighted by Gasteiger charge is 2.30. The van der Waals surface area contributed by atoms with Gasteiger partial charge in [0.05, 0.1) is 25.6 Å². The van der Waals surface area contributed by atoms with Crippen molar-refractivity contribution in [1.29, 1.82) is 0 Å². The summed E-state index contributed by atoms with van der Waals surface area (Å²) in [4.78, 5) is 8.09. The van der Waals surface area contributed by atoms with Crippen LogP contribution < -0.4 is 9.47 Å². The van der Waals surface area contributed by atoms with Gasteiger partial charge in [-0.25, -0.2) is 0 Å². The Morgan fingerprint density at radius 2 is 1.77 bits per heavy atom. The van der Waals surface area contributed by atoms with Crippen molar-refractivity contribution in [3.8, 4) is 33.9 Å². The SMILES string of the molecule is CC.CCOC(C)(C)c1[nH]cc(-c2cccc(OC)c2C)c1-c1cc(OC)ccn1. The fraction of sp³-hybridized carbons (Fsp3) is 0.400. The van der Waals surface area contributed by atoms with Crippen molar-refractivity contribution in [1.82, 2.24) is 9.97 Å². The second-order valence-electron chi connectivity index (χ2n) is 7.11. The number of aromatic amines is 1. The van der Waals surface area contributed by atoms with Gasteiger partial charge in [-0.05, 0) is 51.0 Å². The van der Waals surface area contributed by atoms with E-state index in [-0.39, 0.29) is 0 Å². The summed E-state index contributed by atoms with van der Waals surface area (Å²) in [5.74, 6) is 1.62. The van der Waals surface area contributed by atoms with E-state index < -0.39 is 5.60 Å². The molecule has 3 rings (SSSR count). The molecule has 0 aliphatic rings. The number of ether oxygens (including phenoxy) is 3. The molecule has 1 aromatic carbocycles. The summed E-state index contributed by atoms with van der Waals surface area (Å²) in [7, 11) is 3.35. The van der Waals surface area contributed by atoms with E-state index in [1.54, 1.807) is 20.4 Å². The van der Waals surface area contributed by atoms with Crippen molar-refractivity contribution >= 4 is 0 Å². The summed E-state index contributed by atoms with van der Waals surface area (Å²) < 4.78 is 17.0. The lowest BCUT2D eigenvalue weighted by Gasteiger charge is -2.25. The zero-order valence-electron chi connectivity index (χ0n) is 19.4. The molecule has 0 aliphatic heterocycles. The van der Waals surface area contributed by atoms with Crippen molar-refractivity contribution < 1.29 is 14.2 Å². The van der Waals surface area contributed by atoms with Crippen LogP contribution in [0.3, 0.4) is 0 Å². The normalized spacial score (nSPS) is 10.9. The third-order valence-electron chi connectivity index (χ3n) is 5.00. The Bertz CT molecular complexity index is 961. The molecule has 0 unspecified atom stereocenters. The fourth-order valence-corrected chi connectivity index (χ4v) is 3.61. The Hall–Kier alpha value is -2.79. The van der Waals surface area contributed by atoms with Gasteiger partial charge in [0.2, 0.25) is 0 Å². The molecular weight excluding hydrogens is 376 g/mol. The zero-order valence-corrected chi connectivity index (χ0v) is 19.4. The van der Waals surface area contributed by atoms with Gasteiger partial charge in [0.1, 0.15) is 17.1 Å². The molecule has 0 fully saturated rings. The molecular formula is C25H34N2O3. The Labute approximate surface area is 180 Å². The number of nitrogens with zero attached hydrogens (tertiary/aromatic N) is 1. The van der Waals surface area contributed by atoms with Crippen LogP contribution in [-0.2, 0) is 10.3 Å². The highest BCUT2D eigenvalue weighted by Crippen LogP contribution is 2.42. The van der Waals surface area contributed by atoms with E-state index in [2.05, 4.69) is 36.8 Å². The molecule has 0 saturated heterocycles. The van der Waals surface area contributed by atoms with Crippen LogP contribution in [0, 0.1) is 6.92 Å². The van der Waals surface area contributed by atoms with Crippen LogP contribution >= 0.6 is 0 Å². The lowest BCUT2D eigenvalue weighted by Crippen LogP contribution is -2.23. The number of nitrogens with one attached hydrogen (secondary N) is 1. The first-order valence-corrected chi connectivity index (χ1v) is 10.4. The predicted octanol–water partition coefficient (Wildman–Crippen LogP) is 6.37. The second kappa shape index (κ2) is 10.3. The van der Waals surface area contributed by atoms with Crippen LogP contribution in [0.25, 0.3) is 22.4 Å². The summed E-state index contributed by atoms with van der Waals surface area (Å²) in [6, 6.07) is 9.88. The first-order valence-electron chi connectivity index (χ1n) is 10.4. The Kier molecular flexibility index (Phi) is 8.07. The molecule has 5 nitrogen and oxygen atoms in total. The van der Waals surface area contributed by atoms with E-state index in [4.69, 9.17) is 14.2 Å². The zero-order chi connectivity index (χ0) is 22.3. The Balaban J connectivity index is 0.00000155. The van der Waals surface area contributed by atoms with E-state index in [1.165, 1.54) is 0 Å². The van der Waals surface area contributed by atoms with Crippen LogP contribution in [0.4, 0.5) is 0 Å². The minimum atomic E-state index is -0.500. The number of pyridine rings is 1. The van der Waals surface area contributed by atoms with Crippen LogP contribution in [0.2, 0.25) is 0 Å². The molecule has 5 heteroatoms. The minimum absolute atomic E-state index is 0.500. The number of aromatic nitrogens is 2. The summed E-state index contributed by atoms with van der Waals surface area (Å²) >= 11 is 0. The Morgan fingerprint density at radius 1 is 1.03 bits per heavy atom. The first-order chi connectivity index (χ1) is 14.4. The van der Waals surface area contributed by atoms with Crippen molar-refractivity contribution in [2.45, 2.75) is 47.1 Å². The summed E-state index contributed by atoms with van der Waals surface area (Å²) in [6.45, 7) is 12.8. The smallest absolute Gasteiger partial charge is 0.122 e. The fourth-order valence-electron chi connectivity index (χ4n) is 3.61. The number of hydrogen-bond acceptors (Lipinski definition) is 4. The first kappa shape index (κ1) is 23.5. The van der Waals surface area contributed by atoms with Gasteiger partial charge in [-0.3, -0.25) is 4.98 Å². The third kappa shape index (κ3) is 4.68. The van der Waals surface area contributed by atoms with E-state index >= 15 is 0 Å². The van der Waals surface area contributed by atoms with Crippen LogP contribution in [0.5, 0.6) is 11.5 Å². The molecule has 2 aromatic heterocycles. The molecule has 0 aliphatic carbocycles. The summed E-state index contributed by atoms with van der Waals surface area (Å²) in [5.41, 5.74) is 5.55. The van der Waals surface area contributed by atoms with Crippen molar-refractivity contribution in [3.05, 3.63) is 54.0 Å². The number of methoxy groups -OCH3 is 2. The highest BCUT2D eigenvalue weighted by atomic mass is 16.5. The third-order valence-corrected chi connectivity index (χ3v) is 5.00. The quantitative estimate of drug-likeness (QED) is 0.492. The van der Waals surface area contributed by atoms with Crippen LogP contribution in [0.15, 0.2) is 42.7 Å². The molecule has 2 heterocycles. The van der Waals surface area contributed by atoms with E-state index in [0.717, 1.165) is 45.1 Å². The second-order valence-corrected chi connectivity index (χ2v) is 7.11.